The number of benzene rings is 1. The van der Waals surface area contributed by atoms with Gasteiger partial charge in [0.2, 0.25) is 0 Å². The number of hydrogen-bond donors (Lipinski definition) is 4. The molecule has 3 rings (SSSR count). The second-order valence-electron chi connectivity index (χ2n) is 8.18. The van der Waals surface area contributed by atoms with Crippen molar-refractivity contribution in [2.45, 2.75) is 39.5 Å². The summed E-state index contributed by atoms with van der Waals surface area (Å²) in [5.74, 6) is -1.36. The molecule has 1 aromatic heterocycles. The molecular formula is C21H22F4N4O3. The van der Waals surface area contributed by atoms with Gasteiger partial charge in [-0.2, -0.15) is 13.2 Å². The minimum atomic E-state index is -4.88. The van der Waals surface area contributed by atoms with Crippen molar-refractivity contribution in [3.63, 3.8) is 0 Å². The van der Waals surface area contributed by atoms with Gasteiger partial charge in [0, 0.05) is 18.3 Å². The number of anilines is 3. The van der Waals surface area contributed by atoms with Crippen LogP contribution in [0.15, 0.2) is 12.1 Å². The van der Waals surface area contributed by atoms with E-state index in [1.54, 1.807) is 20.8 Å². The van der Waals surface area contributed by atoms with E-state index >= 15 is 0 Å². The standard InChI is InChI=1S/C21H22F4N4O3/c1-9-16(29-19(31)32-20(2,3)4)15(21(23,24)25)13(27-9)8-12-11-6-10(22)7-14(26-5)17(11)28-18(12)30/h6-8,26-27H,1-5H3,(H,28,30)(H,29,31)/b12-8-. The molecule has 0 atom stereocenters. The Morgan fingerprint density at radius 1 is 1.19 bits per heavy atom. The molecule has 0 saturated heterocycles. The lowest BCUT2D eigenvalue weighted by Crippen LogP contribution is -2.28. The number of aromatic nitrogens is 1. The minimum Gasteiger partial charge on any atom is -0.444 e. The van der Waals surface area contributed by atoms with Crippen LogP contribution in [0.3, 0.4) is 0 Å². The molecule has 7 nitrogen and oxygen atoms in total. The minimum absolute atomic E-state index is 0.00354. The third-order valence-electron chi connectivity index (χ3n) is 4.56. The van der Waals surface area contributed by atoms with Crippen LogP contribution in [-0.2, 0) is 15.7 Å². The van der Waals surface area contributed by atoms with Crippen LogP contribution in [-0.4, -0.2) is 29.6 Å². The zero-order valence-corrected chi connectivity index (χ0v) is 18.0. The maximum Gasteiger partial charge on any atom is 0.420 e. The second kappa shape index (κ2) is 7.88. The predicted octanol–water partition coefficient (Wildman–Crippen LogP) is 5.36. The number of aryl methyl sites for hydroxylation is 1. The van der Waals surface area contributed by atoms with Crippen LogP contribution in [0.4, 0.5) is 39.4 Å². The Balaban J connectivity index is 2.13. The lowest BCUT2D eigenvalue weighted by molar-refractivity contribution is -0.137. The quantitative estimate of drug-likeness (QED) is 0.371. The van der Waals surface area contributed by atoms with Crippen LogP contribution in [0.2, 0.25) is 0 Å². The van der Waals surface area contributed by atoms with Gasteiger partial charge in [0.05, 0.1) is 28.3 Å². The molecule has 0 fully saturated rings. The Bertz CT molecular complexity index is 1130. The van der Waals surface area contributed by atoms with Gasteiger partial charge >= 0.3 is 12.3 Å². The zero-order chi connectivity index (χ0) is 24.0. The lowest BCUT2D eigenvalue weighted by Gasteiger charge is -2.20. The summed E-state index contributed by atoms with van der Waals surface area (Å²) in [6, 6.07) is 2.22. The zero-order valence-electron chi connectivity index (χ0n) is 18.0. The highest BCUT2D eigenvalue weighted by Crippen LogP contribution is 2.43. The molecule has 1 aliphatic rings. The van der Waals surface area contributed by atoms with Crippen molar-refractivity contribution in [3.8, 4) is 0 Å². The van der Waals surface area contributed by atoms with E-state index in [0.29, 0.717) is 0 Å². The number of ether oxygens (including phenoxy) is 1. The highest BCUT2D eigenvalue weighted by atomic mass is 19.4. The van der Waals surface area contributed by atoms with Gasteiger partial charge < -0.3 is 20.4 Å². The van der Waals surface area contributed by atoms with Gasteiger partial charge in [-0.05, 0) is 45.9 Å². The molecule has 2 amide bonds. The molecule has 32 heavy (non-hydrogen) atoms. The third kappa shape index (κ3) is 4.56. The van der Waals surface area contributed by atoms with E-state index in [1.165, 1.54) is 14.0 Å². The highest BCUT2D eigenvalue weighted by molar-refractivity contribution is 6.36. The molecule has 0 unspecified atom stereocenters. The SMILES string of the molecule is CNc1cc(F)cc2c1NC(=O)/C2=C\c1[nH]c(C)c(NC(=O)OC(C)(C)C)c1C(F)(F)F. The summed E-state index contributed by atoms with van der Waals surface area (Å²) in [6.07, 6.45) is -4.96. The van der Waals surface area contributed by atoms with E-state index in [4.69, 9.17) is 4.74 Å². The third-order valence-corrected chi connectivity index (χ3v) is 4.56. The van der Waals surface area contributed by atoms with Crippen LogP contribution in [0.25, 0.3) is 11.6 Å². The van der Waals surface area contributed by atoms with Gasteiger partial charge in [-0.15, -0.1) is 0 Å². The average Bonchev–Trinajstić information content (AvgIpc) is 3.10. The first kappa shape index (κ1) is 23.2. The summed E-state index contributed by atoms with van der Waals surface area (Å²) < 4.78 is 60.9. The van der Waals surface area contributed by atoms with Crippen LogP contribution >= 0.6 is 0 Å². The number of aromatic amines is 1. The Morgan fingerprint density at radius 2 is 1.84 bits per heavy atom. The van der Waals surface area contributed by atoms with Crippen molar-refractivity contribution in [1.29, 1.82) is 0 Å². The molecule has 11 heteroatoms. The Labute approximate surface area is 181 Å². The first-order valence-corrected chi connectivity index (χ1v) is 9.55. The number of amides is 2. The molecule has 1 aliphatic heterocycles. The van der Waals surface area contributed by atoms with Gasteiger partial charge in [-0.25, -0.2) is 9.18 Å². The van der Waals surface area contributed by atoms with Crippen LogP contribution in [0.5, 0.6) is 0 Å². The number of H-pyrrole nitrogens is 1. The van der Waals surface area contributed by atoms with Gasteiger partial charge in [-0.1, -0.05) is 0 Å². The normalized spacial score (nSPS) is 14.9. The summed E-state index contributed by atoms with van der Waals surface area (Å²) in [7, 11) is 1.52. The van der Waals surface area contributed by atoms with E-state index in [2.05, 4.69) is 20.9 Å². The molecule has 0 radical (unpaired) electrons. The summed E-state index contributed by atoms with van der Waals surface area (Å²) in [5.41, 5.74) is -2.59. The number of rotatable bonds is 3. The molecule has 2 aromatic rings. The number of halogens is 4. The van der Waals surface area contributed by atoms with Gasteiger partial charge in [0.1, 0.15) is 17.0 Å². The van der Waals surface area contributed by atoms with Crippen LogP contribution < -0.4 is 16.0 Å². The number of carbonyl (C=O) groups is 2. The number of hydrogen-bond acceptors (Lipinski definition) is 4. The van der Waals surface area contributed by atoms with Crippen LogP contribution in [0.1, 0.15) is 43.3 Å². The summed E-state index contributed by atoms with van der Waals surface area (Å²) >= 11 is 0. The van der Waals surface area contributed by atoms with E-state index in [0.717, 1.165) is 18.2 Å². The summed E-state index contributed by atoms with van der Waals surface area (Å²) in [4.78, 5) is 27.1. The van der Waals surface area contributed by atoms with Crippen molar-refractivity contribution in [3.05, 3.63) is 40.5 Å². The van der Waals surface area contributed by atoms with Crippen molar-refractivity contribution in [2.75, 3.05) is 23.0 Å². The van der Waals surface area contributed by atoms with Crippen LogP contribution in [0, 0.1) is 12.7 Å². The highest BCUT2D eigenvalue weighted by Gasteiger charge is 2.40. The maximum absolute atomic E-state index is 14.0. The molecule has 0 spiro atoms. The second-order valence-corrected chi connectivity index (χ2v) is 8.18. The summed E-state index contributed by atoms with van der Waals surface area (Å²) in [6.45, 7) is 6.06. The fourth-order valence-corrected chi connectivity index (χ4v) is 3.36. The monoisotopic (exact) mass is 454 g/mol. The number of carbonyl (C=O) groups excluding carboxylic acids is 2. The van der Waals surface area contributed by atoms with Gasteiger partial charge in [0.15, 0.2) is 0 Å². The molecule has 0 saturated carbocycles. The average molecular weight is 454 g/mol. The Morgan fingerprint density at radius 3 is 2.41 bits per heavy atom. The van der Waals surface area contributed by atoms with E-state index < -0.39 is 46.5 Å². The Hall–Kier alpha value is -3.50. The molecular weight excluding hydrogens is 432 g/mol. The maximum atomic E-state index is 14.0. The number of alkyl halides is 3. The number of nitrogens with one attached hydrogen (secondary N) is 4. The van der Waals surface area contributed by atoms with Crippen molar-refractivity contribution in [1.82, 2.24) is 4.98 Å². The Kier molecular flexibility index (Phi) is 5.71. The van der Waals surface area contributed by atoms with Crippen molar-refractivity contribution >= 4 is 40.7 Å². The first-order chi connectivity index (χ1) is 14.7. The molecule has 0 bridgehead atoms. The molecule has 4 N–H and O–H groups in total. The molecule has 1 aromatic carbocycles. The first-order valence-electron chi connectivity index (χ1n) is 9.55. The van der Waals surface area contributed by atoms with Gasteiger partial charge in [0.25, 0.3) is 5.91 Å². The van der Waals surface area contributed by atoms with Crippen molar-refractivity contribution < 1.29 is 31.9 Å². The molecule has 0 aliphatic carbocycles. The van der Waals surface area contributed by atoms with E-state index in [1.807, 2.05) is 0 Å². The van der Waals surface area contributed by atoms with E-state index in [-0.39, 0.29) is 28.2 Å². The number of fused-ring (bicyclic) bond motifs is 1. The van der Waals surface area contributed by atoms with Crippen molar-refractivity contribution in [2.24, 2.45) is 0 Å². The smallest absolute Gasteiger partial charge is 0.420 e. The molecule has 172 valence electrons. The fourth-order valence-electron chi connectivity index (χ4n) is 3.36. The topological polar surface area (TPSA) is 95.2 Å². The fraction of sp³-hybridized carbons (Fsp3) is 0.333. The molecule has 2 heterocycles. The largest absolute Gasteiger partial charge is 0.444 e. The van der Waals surface area contributed by atoms with E-state index in [9.17, 15) is 27.2 Å². The lowest BCUT2D eigenvalue weighted by atomic mass is 10.0. The van der Waals surface area contributed by atoms with Gasteiger partial charge in [-0.3, -0.25) is 10.1 Å². The summed E-state index contributed by atoms with van der Waals surface area (Å²) in [5, 5.41) is 7.39. The predicted molar refractivity (Wildman–Crippen MR) is 113 cm³/mol.